The van der Waals surface area contributed by atoms with Gasteiger partial charge in [-0.2, -0.15) is 0 Å². The summed E-state index contributed by atoms with van der Waals surface area (Å²) in [5.41, 5.74) is 0. The van der Waals surface area contributed by atoms with Crippen LogP contribution in [-0.4, -0.2) is 54.7 Å². The first kappa shape index (κ1) is 16.4. The molecule has 0 radical (unpaired) electrons. The van der Waals surface area contributed by atoms with Crippen molar-refractivity contribution in [2.45, 2.75) is 36.6 Å². The number of carbonyl (C=O) groups excluding carboxylic acids is 1. The number of likely N-dealkylation sites (N-methyl/N-ethyl adjacent to an activating group) is 2. The van der Waals surface area contributed by atoms with Gasteiger partial charge < -0.3 is 4.90 Å². The summed E-state index contributed by atoms with van der Waals surface area (Å²) in [6.07, 6.45) is 4.65. The van der Waals surface area contributed by atoms with Crippen LogP contribution in [0.25, 0.3) is 0 Å². The monoisotopic (exact) mass is 306 g/mol. The summed E-state index contributed by atoms with van der Waals surface area (Å²) >= 11 is 1.81. The fourth-order valence-corrected chi connectivity index (χ4v) is 3.70. The lowest BCUT2D eigenvalue weighted by atomic mass is 10.1. The second-order valence-corrected chi connectivity index (χ2v) is 6.94. The van der Waals surface area contributed by atoms with Crippen LogP contribution in [0.5, 0.6) is 0 Å². The van der Waals surface area contributed by atoms with Crippen LogP contribution in [0.4, 0.5) is 0 Å². The smallest absolute Gasteiger partial charge is 0.239 e. The quantitative estimate of drug-likeness (QED) is 0.781. The van der Waals surface area contributed by atoms with E-state index in [1.54, 1.807) is 0 Å². The minimum Gasteiger partial charge on any atom is -0.344 e. The molecule has 116 valence electrons. The summed E-state index contributed by atoms with van der Waals surface area (Å²) in [5.74, 6) is 1.23. The van der Waals surface area contributed by atoms with Gasteiger partial charge in [0.1, 0.15) is 0 Å². The molecule has 2 rings (SSSR count). The predicted molar refractivity (Wildman–Crippen MR) is 89.7 cm³/mol. The highest BCUT2D eigenvalue weighted by Gasteiger charge is 2.26. The molecule has 0 aliphatic carbocycles. The van der Waals surface area contributed by atoms with Crippen LogP contribution >= 0.6 is 11.8 Å². The van der Waals surface area contributed by atoms with E-state index in [9.17, 15) is 4.79 Å². The Morgan fingerprint density at radius 3 is 2.81 bits per heavy atom. The molecule has 1 atom stereocenters. The third-order valence-corrected chi connectivity index (χ3v) is 5.11. The van der Waals surface area contributed by atoms with Crippen LogP contribution in [0.2, 0.25) is 0 Å². The second kappa shape index (κ2) is 8.44. The number of hydrogen-bond acceptors (Lipinski definition) is 3. The summed E-state index contributed by atoms with van der Waals surface area (Å²) in [6, 6.07) is 10.5. The molecule has 0 saturated carbocycles. The van der Waals surface area contributed by atoms with Gasteiger partial charge in [0.25, 0.3) is 0 Å². The van der Waals surface area contributed by atoms with Gasteiger partial charge in [-0.1, -0.05) is 31.0 Å². The Labute approximate surface area is 132 Å². The van der Waals surface area contributed by atoms with Gasteiger partial charge in [-0.25, -0.2) is 0 Å². The third kappa shape index (κ3) is 5.04. The van der Waals surface area contributed by atoms with E-state index in [1.165, 1.54) is 24.2 Å². The molecule has 1 amide bonds. The predicted octanol–water partition coefficient (Wildman–Crippen LogP) is 3.11. The summed E-state index contributed by atoms with van der Waals surface area (Å²) in [5, 5.41) is 0. The summed E-state index contributed by atoms with van der Waals surface area (Å²) < 4.78 is 0. The van der Waals surface area contributed by atoms with E-state index in [-0.39, 0.29) is 11.9 Å². The number of nitrogens with zero attached hydrogens (tertiary/aromatic N) is 2. The molecule has 0 N–H and O–H groups in total. The maximum Gasteiger partial charge on any atom is 0.239 e. The number of carbonyl (C=O) groups is 1. The van der Waals surface area contributed by atoms with Gasteiger partial charge in [0, 0.05) is 24.2 Å². The lowest BCUT2D eigenvalue weighted by Gasteiger charge is -2.29. The highest BCUT2D eigenvalue weighted by Crippen LogP contribution is 2.19. The molecule has 1 fully saturated rings. The van der Waals surface area contributed by atoms with Gasteiger partial charge in [0.2, 0.25) is 5.91 Å². The normalized spacial score (nSPS) is 20.0. The minimum absolute atomic E-state index is 0.0826. The van der Waals surface area contributed by atoms with Gasteiger partial charge in [0.05, 0.1) is 6.04 Å². The van der Waals surface area contributed by atoms with E-state index >= 15 is 0 Å². The van der Waals surface area contributed by atoms with Crippen molar-refractivity contribution in [1.29, 1.82) is 0 Å². The molecule has 1 aliphatic rings. The molecule has 0 bridgehead atoms. The highest BCUT2D eigenvalue weighted by atomic mass is 32.2. The maximum atomic E-state index is 12.6. The molecule has 3 nitrogen and oxygen atoms in total. The highest BCUT2D eigenvalue weighted by molar-refractivity contribution is 7.99. The van der Waals surface area contributed by atoms with E-state index < -0.39 is 0 Å². The van der Waals surface area contributed by atoms with Gasteiger partial charge in [-0.05, 0) is 38.6 Å². The lowest BCUT2D eigenvalue weighted by molar-refractivity contribution is -0.135. The van der Waals surface area contributed by atoms with Crippen LogP contribution in [-0.2, 0) is 4.79 Å². The Morgan fingerprint density at radius 1 is 1.29 bits per heavy atom. The summed E-state index contributed by atoms with van der Waals surface area (Å²) in [7, 11) is 4.02. The molecular formula is C17H26N2OS. The van der Waals surface area contributed by atoms with Crippen molar-refractivity contribution in [2.24, 2.45) is 0 Å². The number of amides is 1. The largest absolute Gasteiger partial charge is 0.344 e. The second-order valence-electron chi connectivity index (χ2n) is 5.77. The van der Waals surface area contributed by atoms with Gasteiger partial charge in [-0.15, -0.1) is 11.8 Å². The number of benzene rings is 1. The van der Waals surface area contributed by atoms with Crippen molar-refractivity contribution in [3.8, 4) is 0 Å². The van der Waals surface area contributed by atoms with Crippen molar-refractivity contribution in [3.63, 3.8) is 0 Å². The topological polar surface area (TPSA) is 23.6 Å². The van der Waals surface area contributed by atoms with E-state index in [1.807, 2.05) is 29.8 Å². The SMILES string of the molecule is CN(CCSc1ccccc1)C(=O)C1CCCCCN1C. The van der Waals surface area contributed by atoms with Crippen LogP contribution in [0.3, 0.4) is 0 Å². The summed E-state index contributed by atoms with van der Waals surface area (Å²) in [4.78, 5) is 18.0. The fraction of sp³-hybridized carbons (Fsp3) is 0.588. The molecular weight excluding hydrogens is 280 g/mol. The zero-order chi connectivity index (χ0) is 15.1. The molecule has 4 heteroatoms. The van der Waals surface area contributed by atoms with Crippen LogP contribution in [0.1, 0.15) is 25.7 Å². The van der Waals surface area contributed by atoms with Crippen molar-refractivity contribution < 1.29 is 4.79 Å². The Morgan fingerprint density at radius 2 is 2.05 bits per heavy atom. The van der Waals surface area contributed by atoms with Gasteiger partial charge in [-0.3, -0.25) is 9.69 Å². The van der Waals surface area contributed by atoms with E-state index in [2.05, 4.69) is 36.2 Å². The maximum absolute atomic E-state index is 12.6. The van der Waals surface area contributed by atoms with Crippen molar-refractivity contribution in [1.82, 2.24) is 9.80 Å². The van der Waals surface area contributed by atoms with Gasteiger partial charge >= 0.3 is 0 Å². The molecule has 21 heavy (non-hydrogen) atoms. The molecule has 0 spiro atoms. The zero-order valence-corrected chi connectivity index (χ0v) is 13.9. The van der Waals surface area contributed by atoms with Crippen LogP contribution in [0.15, 0.2) is 35.2 Å². The molecule has 1 aliphatic heterocycles. The van der Waals surface area contributed by atoms with E-state index in [0.717, 1.165) is 25.3 Å². The van der Waals surface area contributed by atoms with Crippen molar-refractivity contribution in [3.05, 3.63) is 30.3 Å². The van der Waals surface area contributed by atoms with Crippen LogP contribution in [0, 0.1) is 0 Å². The number of thioether (sulfide) groups is 1. The molecule has 1 aromatic carbocycles. The average Bonchev–Trinajstić information content (AvgIpc) is 2.72. The number of likely N-dealkylation sites (tertiary alicyclic amines) is 1. The minimum atomic E-state index is 0.0826. The molecule has 1 heterocycles. The average molecular weight is 306 g/mol. The summed E-state index contributed by atoms with van der Waals surface area (Å²) in [6.45, 7) is 1.85. The zero-order valence-electron chi connectivity index (χ0n) is 13.1. The fourth-order valence-electron chi connectivity index (χ4n) is 2.75. The first-order valence-electron chi connectivity index (χ1n) is 7.81. The Balaban J connectivity index is 1.79. The third-order valence-electron chi connectivity index (χ3n) is 4.12. The molecule has 1 saturated heterocycles. The standard InChI is InChI=1S/C17H26N2OS/c1-18-12-8-4-7-11-16(18)17(20)19(2)13-14-21-15-9-5-3-6-10-15/h3,5-6,9-10,16H,4,7-8,11-14H2,1-2H3. The first-order chi connectivity index (χ1) is 10.2. The Hall–Kier alpha value is -1.00. The lowest BCUT2D eigenvalue weighted by Crippen LogP contribution is -2.46. The number of rotatable bonds is 5. The van der Waals surface area contributed by atoms with E-state index in [0.29, 0.717) is 0 Å². The first-order valence-corrected chi connectivity index (χ1v) is 8.80. The van der Waals surface area contributed by atoms with Crippen molar-refractivity contribution >= 4 is 17.7 Å². The van der Waals surface area contributed by atoms with E-state index in [4.69, 9.17) is 0 Å². The molecule has 1 aromatic rings. The molecule has 0 aromatic heterocycles. The van der Waals surface area contributed by atoms with Crippen LogP contribution < -0.4 is 0 Å². The molecule has 1 unspecified atom stereocenters. The Bertz CT molecular complexity index is 438. The number of hydrogen-bond donors (Lipinski definition) is 0. The van der Waals surface area contributed by atoms with Crippen molar-refractivity contribution in [2.75, 3.05) is 32.9 Å². The Kier molecular flexibility index (Phi) is 6.58. The van der Waals surface area contributed by atoms with Gasteiger partial charge in [0.15, 0.2) is 0 Å².